The summed E-state index contributed by atoms with van der Waals surface area (Å²) in [6, 6.07) is 0. The van der Waals surface area contributed by atoms with E-state index in [0.29, 0.717) is 0 Å². The topological polar surface area (TPSA) is 12.0 Å². The molecule has 0 rings (SSSR count). The molecule has 1 N–H and O–H groups in total. The van der Waals surface area contributed by atoms with Gasteiger partial charge in [0.15, 0.2) is 5.53 Å². The van der Waals surface area contributed by atoms with E-state index >= 15 is 0 Å². The third-order valence-corrected chi connectivity index (χ3v) is 2.57. The van der Waals surface area contributed by atoms with Crippen molar-refractivity contribution in [2.75, 3.05) is 7.05 Å². The Balaban J connectivity index is 3.80. The van der Waals surface area contributed by atoms with Gasteiger partial charge in [-0.3, -0.25) is 5.32 Å². The molecule has 3 atom stereocenters. The fourth-order valence-electron chi connectivity index (χ4n) is 0.543. The first-order chi connectivity index (χ1) is 4.04. The van der Waals surface area contributed by atoms with Gasteiger partial charge in [-0.05, 0) is 13.5 Å². The third kappa shape index (κ3) is 2.59. The van der Waals surface area contributed by atoms with Crippen LogP contribution in [0.5, 0.6) is 0 Å². The van der Waals surface area contributed by atoms with E-state index in [1.807, 2.05) is 13.8 Å². The van der Waals surface area contributed by atoms with Crippen LogP contribution in [0.15, 0.2) is 0 Å². The zero-order valence-electron chi connectivity index (χ0n) is 6.24. The SMILES string of the molecule is CCC(C)C(F)(P)NC. The van der Waals surface area contributed by atoms with Crippen LogP contribution in [0.3, 0.4) is 0 Å². The maximum absolute atomic E-state index is 13.1. The molecule has 3 unspecified atom stereocenters. The quantitative estimate of drug-likeness (QED) is 0.478. The Kier molecular flexibility index (Phi) is 3.60. The summed E-state index contributed by atoms with van der Waals surface area (Å²) in [7, 11) is 3.80. The fourth-order valence-corrected chi connectivity index (χ4v) is 0.779. The molecule has 9 heavy (non-hydrogen) atoms. The maximum Gasteiger partial charge on any atom is 0.176 e. The van der Waals surface area contributed by atoms with Gasteiger partial charge in [-0.2, -0.15) is 0 Å². The van der Waals surface area contributed by atoms with Gasteiger partial charge in [0.1, 0.15) is 0 Å². The largest absolute Gasteiger partial charge is 0.285 e. The maximum atomic E-state index is 13.1. The molecule has 0 aliphatic carbocycles. The van der Waals surface area contributed by atoms with Crippen molar-refractivity contribution in [2.45, 2.75) is 25.8 Å². The normalized spacial score (nSPS) is 21.0. The summed E-state index contributed by atoms with van der Waals surface area (Å²) >= 11 is 0. The smallest absolute Gasteiger partial charge is 0.176 e. The molecule has 0 bridgehead atoms. The summed E-state index contributed by atoms with van der Waals surface area (Å²) in [5, 5.41) is 2.59. The van der Waals surface area contributed by atoms with Crippen molar-refractivity contribution in [3.05, 3.63) is 0 Å². The second kappa shape index (κ2) is 3.48. The molecule has 0 aromatic heterocycles. The van der Waals surface area contributed by atoms with Crippen LogP contribution in [-0.4, -0.2) is 12.6 Å². The van der Waals surface area contributed by atoms with E-state index in [0.717, 1.165) is 6.42 Å². The highest BCUT2D eigenvalue weighted by Gasteiger charge is 2.26. The molecule has 0 saturated heterocycles. The highest BCUT2D eigenvalue weighted by atomic mass is 31.0. The second-order valence-electron chi connectivity index (χ2n) is 2.33. The Morgan fingerprint density at radius 1 is 1.78 bits per heavy atom. The predicted molar refractivity (Wildman–Crippen MR) is 42.1 cm³/mol. The molecule has 0 amide bonds. The van der Waals surface area contributed by atoms with Crippen molar-refractivity contribution in [2.24, 2.45) is 5.92 Å². The summed E-state index contributed by atoms with van der Waals surface area (Å²) < 4.78 is 13.1. The van der Waals surface area contributed by atoms with Crippen molar-refractivity contribution in [1.82, 2.24) is 5.32 Å². The molecule has 0 spiro atoms. The first-order valence-electron chi connectivity index (χ1n) is 3.21. The molecule has 0 aliphatic rings. The molecule has 3 heteroatoms. The molecule has 0 heterocycles. The summed E-state index contributed by atoms with van der Waals surface area (Å²) in [6.07, 6.45) is 0.848. The number of halogens is 1. The second-order valence-corrected chi connectivity index (χ2v) is 3.17. The summed E-state index contributed by atoms with van der Waals surface area (Å²) in [5.74, 6) is 0.0486. The van der Waals surface area contributed by atoms with Crippen LogP contribution in [0, 0.1) is 5.92 Å². The fraction of sp³-hybridized carbons (Fsp3) is 1.00. The minimum absolute atomic E-state index is 0.0486. The van der Waals surface area contributed by atoms with Crippen molar-refractivity contribution in [3.63, 3.8) is 0 Å². The lowest BCUT2D eigenvalue weighted by molar-refractivity contribution is 0.161. The lowest BCUT2D eigenvalue weighted by atomic mass is 10.1. The minimum atomic E-state index is -1.28. The van der Waals surface area contributed by atoms with E-state index in [1.165, 1.54) is 0 Å². The predicted octanol–water partition coefficient (Wildman–Crippen LogP) is 1.75. The lowest BCUT2D eigenvalue weighted by Gasteiger charge is -2.25. The molecule has 56 valence electrons. The zero-order chi connectivity index (χ0) is 7.49. The molecular weight excluding hydrogens is 136 g/mol. The lowest BCUT2D eigenvalue weighted by Crippen LogP contribution is -2.37. The minimum Gasteiger partial charge on any atom is -0.285 e. The van der Waals surface area contributed by atoms with Crippen LogP contribution >= 0.6 is 9.24 Å². The van der Waals surface area contributed by atoms with Crippen LogP contribution in [0.4, 0.5) is 4.39 Å². The van der Waals surface area contributed by atoms with E-state index in [-0.39, 0.29) is 5.92 Å². The summed E-state index contributed by atoms with van der Waals surface area (Å²) in [5.41, 5.74) is -1.28. The number of hydrogen-bond donors (Lipinski definition) is 1. The van der Waals surface area contributed by atoms with Gasteiger partial charge >= 0.3 is 0 Å². The Hall–Kier alpha value is 0.320. The Bertz CT molecular complexity index is 85.1. The van der Waals surface area contributed by atoms with Gasteiger partial charge in [0.2, 0.25) is 0 Å². The van der Waals surface area contributed by atoms with Gasteiger partial charge in [-0.15, -0.1) is 0 Å². The van der Waals surface area contributed by atoms with E-state index < -0.39 is 5.53 Å². The van der Waals surface area contributed by atoms with Crippen molar-refractivity contribution in [3.8, 4) is 0 Å². The highest BCUT2D eigenvalue weighted by Crippen LogP contribution is 2.27. The van der Waals surface area contributed by atoms with Gasteiger partial charge in [0.05, 0.1) is 0 Å². The van der Waals surface area contributed by atoms with E-state index in [2.05, 4.69) is 14.6 Å². The molecule has 0 aromatic carbocycles. The Morgan fingerprint density at radius 2 is 2.22 bits per heavy atom. The molecule has 0 saturated carbocycles. The molecular formula is C6H15FNP. The Labute approximate surface area is 58.6 Å². The standard InChI is InChI=1S/C6H15FNP/c1-4-5(2)6(7,9)8-3/h5,8H,4,9H2,1-3H3. The number of alkyl halides is 1. The summed E-state index contributed by atoms with van der Waals surface area (Å²) in [6.45, 7) is 3.85. The van der Waals surface area contributed by atoms with Crippen molar-refractivity contribution >= 4 is 9.24 Å². The van der Waals surface area contributed by atoms with Crippen LogP contribution < -0.4 is 5.32 Å². The van der Waals surface area contributed by atoms with Crippen molar-refractivity contribution in [1.29, 1.82) is 0 Å². The van der Waals surface area contributed by atoms with E-state index in [1.54, 1.807) is 7.05 Å². The van der Waals surface area contributed by atoms with E-state index in [4.69, 9.17) is 0 Å². The van der Waals surface area contributed by atoms with Gasteiger partial charge in [0.25, 0.3) is 0 Å². The monoisotopic (exact) mass is 151 g/mol. The zero-order valence-corrected chi connectivity index (χ0v) is 7.39. The van der Waals surface area contributed by atoms with E-state index in [9.17, 15) is 4.39 Å². The van der Waals surface area contributed by atoms with Gasteiger partial charge in [-0.25, -0.2) is 4.39 Å². The number of rotatable bonds is 3. The van der Waals surface area contributed by atoms with Gasteiger partial charge in [-0.1, -0.05) is 23.1 Å². The molecule has 0 aliphatic heterocycles. The average molecular weight is 151 g/mol. The van der Waals surface area contributed by atoms with Crippen LogP contribution in [0.25, 0.3) is 0 Å². The molecule has 0 fully saturated rings. The third-order valence-electron chi connectivity index (χ3n) is 1.71. The first kappa shape index (κ1) is 9.32. The molecule has 1 nitrogen and oxygen atoms in total. The Morgan fingerprint density at radius 3 is 2.33 bits per heavy atom. The van der Waals surface area contributed by atoms with Gasteiger partial charge in [0, 0.05) is 5.92 Å². The summed E-state index contributed by atoms with van der Waals surface area (Å²) in [4.78, 5) is 0. The van der Waals surface area contributed by atoms with Gasteiger partial charge < -0.3 is 0 Å². The van der Waals surface area contributed by atoms with Crippen LogP contribution in [0.1, 0.15) is 20.3 Å². The number of nitrogens with one attached hydrogen (secondary N) is 1. The van der Waals surface area contributed by atoms with Crippen LogP contribution in [0.2, 0.25) is 0 Å². The molecule has 0 aromatic rings. The highest BCUT2D eigenvalue weighted by molar-refractivity contribution is 7.18. The van der Waals surface area contributed by atoms with Crippen LogP contribution in [-0.2, 0) is 0 Å². The first-order valence-corrected chi connectivity index (χ1v) is 3.79. The average Bonchev–Trinajstić information content (AvgIpc) is 1.86. The van der Waals surface area contributed by atoms with Crippen molar-refractivity contribution < 1.29 is 4.39 Å². The number of hydrogen-bond acceptors (Lipinski definition) is 1. The molecule has 0 radical (unpaired) electrons.